The summed E-state index contributed by atoms with van der Waals surface area (Å²) < 4.78 is 10.9. The van der Waals surface area contributed by atoms with Crippen LogP contribution in [0.2, 0.25) is 0 Å². The molecule has 1 saturated heterocycles. The number of allylic oxidation sites excluding steroid dienone is 2. The Morgan fingerprint density at radius 1 is 1.29 bits per heavy atom. The van der Waals surface area contributed by atoms with Crippen molar-refractivity contribution >= 4 is 0 Å². The molecule has 0 amide bonds. The first-order chi connectivity index (χ1) is 11.5. The number of phenolic OH excluding ortho intramolecular Hbond substituents is 1. The van der Waals surface area contributed by atoms with Gasteiger partial charge in [-0.05, 0) is 55.8 Å². The summed E-state index contributed by atoms with van der Waals surface area (Å²) >= 11 is 0. The fourth-order valence-electron chi connectivity index (χ4n) is 4.60. The Morgan fingerprint density at radius 3 is 2.79 bits per heavy atom. The lowest BCUT2D eigenvalue weighted by atomic mass is 9.58. The average molecular weight is 325 g/mol. The van der Waals surface area contributed by atoms with Crippen molar-refractivity contribution in [3.63, 3.8) is 0 Å². The van der Waals surface area contributed by atoms with E-state index < -0.39 is 0 Å². The highest BCUT2D eigenvalue weighted by atomic mass is 16.5. The van der Waals surface area contributed by atoms with Gasteiger partial charge in [0.2, 0.25) is 0 Å². The summed E-state index contributed by atoms with van der Waals surface area (Å²) in [5.74, 6) is 1.57. The molecule has 2 aliphatic carbocycles. The standard InChI is InChI=1S/C20H23NO3/c1-12-9-14-15-10-13-5-6-16(23-3)19(22)18(13)20(14,7-8-21(15)2)11-17(12)24-4/h5-6,9,11,15,22H,1,7-8,10H2,2-4H3. The normalized spacial score (nSPS) is 28.5. The van der Waals surface area contributed by atoms with Crippen molar-refractivity contribution in [3.05, 3.63) is 58.9 Å². The quantitative estimate of drug-likeness (QED) is 0.908. The molecular formula is C20H23NO3. The topological polar surface area (TPSA) is 41.9 Å². The third-order valence-electron chi connectivity index (χ3n) is 5.82. The van der Waals surface area contributed by atoms with E-state index in [0.29, 0.717) is 11.8 Å². The van der Waals surface area contributed by atoms with Gasteiger partial charge in [0.05, 0.1) is 14.2 Å². The van der Waals surface area contributed by atoms with Crippen LogP contribution in [-0.4, -0.2) is 43.9 Å². The monoisotopic (exact) mass is 325 g/mol. The molecule has 1 aromatic carbocycles. The van der Waals surface area contributed by atoms with Crippen LogP contribution in [0, 0.1) is 0 Å². The van der Waals surface area contributed by atoms with Crippen LogP contribution in [0.25, 0.3) is 0 Å². The minimum Gasteiger partial charge on any atom is -0.504 e. The first-order valence-electron chi connectivity index (χ1n) is 8.29. The number of nitrogens with zero attached hydrogens (tertiary/aromatic N) is 1. The summed E-state index contributed by atoms with van der Waals surface area (Å²) in [6.45, 7) is 5.11. The number of likely N-dealkylation sites (tertiary alicyclic amines) is 1. The van der Waals surface area contributed by atoms with Gasteiger partial charge in [-0.15, -0.1) is 0 Å². The minimum atomic E-state index is -0.337. The Bertz CT molecular complexity index is 792. The van der Waals surface area contributed by atoms with Crippen LogP contribution >= 0.6 is 0 Å². The van der Waals surface area contributed by atoms with Gasteiger partial charge >= 0.3 is 0 Å². The largest absolute Gasteiger partial charge is 0.504 e. The van der Waals surface area contributed by atoms with Gasteiger partial charge in [0.25, 0.3) is 0 Å². The molecular weight excluding hydrogens is 302 g/mol. The summed E-state index contributed by atoms with van der Waals surface area (Å²) in [6.07, 6.45) is 6.10. The smallest absolute Gasteiger partial charge is 0.162 e. The minimum absolute atomic E-state index is 0.253. The van der Waals surface area contributed by atoms with Gasteiger partial charge in [-0.2, -0.15) is 0 Å². The van der Waals surface area contributed by atoms with Crippen molar-refractivity contribution in [2.24, 2.45) is 0 Å². The highest BCUT2D eigenvalue weighted by molar-refractivity contribution is 5.66. The molecule has 126 valence electrons. The molecule has 4 nitrogen and oxygen atoms in total. The molecule has 4 rings (SSSR count). The Kier molecular flexibility index (Phi) is 3.29. The maximum atomic E-state index is 10.9. The lowest BCUT2D eigenvalue weighted by Crippen LogP contribution is -2.54. The summed E-state index contributed by atoms with van der Waals surface area (Å²) in [5.41, 5.74) is 4.02. The van der Waals surface area contributed by atoms with Crippen molar-refractivity contribution in [3.8, 4) is 11.5 Å². The van der Waals surface area contributed by atoms with E-state index in [0.717, 1.165) is 36.3 Å². The van der Waals surface area contributed by atoms with E-state index in [2.05, 4.69) is 36.7 Å². The second-order valence-electron chi connectivity index (χ2n) is 6.91. The summed E-state index contributed by atoms with van der Waals surface area (Å²) in [7, 11) is 5.44. The summed E-state index contributed by atoms with van der Waals surface area (Å²) in [4.78, 5) is 2.40. The lowest BCUT2D eigenvalue weighted by molar-refractivity contribution is 0.179. The van der Waals surface area contributed by atoms with E-state index >= 15 is 0 Å². The van der Waals surface area contributed by atoms with Gasteiger partial charge in [0.1, 0.15) is 5.76 Å². The molecule has 1 fully saturated rings. The first kappa shape index (κ1) is 15.3. The zero-order valence-corrected chi connectivity index (χ0v) is 14.4. The molecule has 0 spiro atoms. The van der Waals surface area contributed by atoms with Gasteiger partial charge in [-0.3, -0.25) is 4.90 Å². The van der Waals surface area contributed by atoms with E-state index in [4.69, 9.17) is 9.47 Å². The second kappa shape index (κ2) is 5.15. The Labute approximate surface area is 142 Å². The van der Waals surface area contributed by atoms with E-state index in [-0.39, 0.29) is 11.2 Å². The number of hydrogen-bond acceptors (Lipinski definition) is 4. The average Bonchev–Trinajstić information content (AvgIpc) is 2.58. The molecule has 0 radical (unpaired) electrons. The molecule has 1 aliphatic heterocycles. The van der Waals surface area contributed by atoms with Crippen LogP contribution in [0.5, 0.6) is 11.5 Å². The van der Waals surface area contributed by atoms with E-state index in [9.17, 15) is 5.11 Å². The van der Waals surface area contributed by atoms with Gasteiger partial charge < -0.3 is 14.6 Å². The third kappa shape index (κ3) is 1.83. The van der Waals surface area contributed by atoms with Crippen molar-refractivity contribution in [2.45, 2.75) is 24.3 Å². The highest BCUT2D eigenvalue weighted by Gasteiger charge is 2.51. The van der Waals surface area contributed by atoms with Crippen LogP contribution in [0.1, 0.15) is 17.5 Å². The maximum absolute atomic E-state index is 10.9. The predicted molar refractivity (Wildman–Crippen MR) is 93.4 cm³/mol. The molecule has 1 aromatic rings. The zero-order valence-electron chi connectivity index (χ0n) is 14.4. The SMILES string of the molecule is C=C1C=C2C3Cc4ccc(OC)c(O)c4C2(C=C1OC)CCN3C. The molecule has 2 atom stereocenters. The molecule has 1 heterocycles. The number of piperidine rings is 1. The van der Waals surface area contributed by atoms with Crippen molar-refractivity contribution in [1.82, 2.24) is 4.90 Å². The number of aromatic hydroxyl groups is 1. The lowest BCUT2D eigenvalue weighted by Gasteiger charge is -2.52. The molecule has 2 bridgehead atoms. The van der Waals surface area contributed by atoms with E-state index in [1.807, 2.05) is 6.07 Å². The Morgan fingerprint density at radius 2 is 2.08 bits per heavy atom. The number of benzene rings is 1. The van der Waals surface area contributed by atoms with Crippen LogP contribution < -0.4 is 4.74 Å². The number of hydrogen-bond donors (Lipinski definition) is 1. The molecule has 1 N–H and O–H groups in total. The number of methoxy groups -OCH3 is 2. The van der Waals surface area contributed by atoms with E-state index in [1.165, 1.54) is 11.1 Å². The molecule has 4 heteroatoms. The van der Waals surface area contributed by atoms with Crippen LogP contribution in [0.15, 0.2) is 47.8 Å². The fraction of sp³-hybridized carbons (Fsp3) is 0.400. The number of rotatable bonds is 2. The second-order valence-corrected chi connectivity index (χ2v) is 6.91. The predicted octanol–water partition coefficient (Wildman–Crippen LogP) is 2.93. The molecule has 2 unspecified atom stereocenters. The first-order valence-corrected chi connectivity index (χ1v) is 8.29. The van der Waals surface area contributed by atoms with E-state index in [1.54, 1.807) is 14.2 Å². The van der Waals surface area contributed by atoms with Gasteiger partial charge in [0.15, 0.2) is 11.5 Å². The number of likely N-dealkylation sites (N-methyl/N-ethyl adjacent to an activating group) is 1. The van der Waals surface area contributed by atoms with Crippen LogP contribution in [0.3, 0.4) is 0 Å². The molecule has 3 aliphatic rings. The van der Waals surface area contributed by atoms with Crippen LogP contribution in [0.4, 0.5) is 0 Å². The summed E-state index contributed by atoms with van der Waals surface area (Å²) in [6, 6.07) is 4.27. The highest BCUT2D eigenvalue weighted by Crippen LogP contribution is 2.56. The van der Waals surface area contributed by atoms with Gasteiger partial charge in [0, 0.05) is 22.6 Å². The van der Waals surface area contributed by atoms with Gasteiger partial charge in [-0.25, -0.2) is 0 Å². The van der Waals surface area contributed by atoms with Crippen molar-refractivity contribution < 1.29 is 14.6 Å². The number of ether oxygens (including phenoxy) is 2. The molecule has 0 aromatic heterocycles. The molecule has 0 saturated carbocycles. The Balaban J connectivity index is 2.03. The zero-order chi connectivity index (χ0) is 17.1. The maximum Gasteiger partial charge on any atom is 0.162 e. The number of phenols is 1. The Hall–Kier alpha value is -2.20. The summed E-state index contributed by atoms with van der Waals surface area (Å²) in [5, 5.41) is 10.9. The third-order valence-corrected chi connectivity index (χ3v) is 5.82. The fourth-order valence-corrected chi connectivity index (χ4v) is 4.60. The van der Waals surface area contributed by atoms with Crippen molar-refractivity contribution in [1.29, 1.82) is 0 Å². The number of fused-ring (bicyclic) bond motifs is 1. The van der Waals surface area contributed by atoms with Crippen LogP contribution in [-0.2, 0) is 16.6 Å². The molecule has 24 heavy (non-hydrogen) atoms. The van der Waals surface area contributed by atoms with Crippen molar-refractivity contribution in [2.75, 3.05) is 27.8 Å². The van der Waals surface area contributed by atoms with Gasteiger partial charge in [-0.1, -0.05) is 12.6 Å².